The molecule has 0 unspecified atom stereocenters. The summed E-state index contributed by atoms with van der Waals surface area (Å²) in [5, 5.41) is 3.22. The molecule has 0 aliphatic carbocycles. The Kier molecular flexibility index (Phi) is 5.60. The van der Waals surface area contributed by atoms with Crippen LogP contribution in [0.25, 0.3) is 10.6 Å². The third-order valence-corrected chi connectivity index (χ3v) is 5.46. The minimum atomic E-state index is -0.210. The lowest BCUT2D eigenvalue weighted by atomic mass is 10.1. The molecule has 0 spiro atoms. The van der Waals surface area contributed by atoms with Crippen LogP contribution in [-0.4, -0.2) is 52.9 Å². The normalized spacial score (nSPS) is 17.7. The van der Waals surface area contributed by atoms with Gasteiger partial charge in [-0.15, -0.1) is 11.3 Å². The highest BCUT2D eigenvalue weighted by Gasteiger charge is 2.26. The zero-order valence-corrected chi connectivity index (χ0v) is 14.8. The van der Waals surface area contributed by atoms with Crippen molar-refractivity contribution in [2.24, 2.45) is 5.73 Å². The van der Waals surface area contributed by atoms with Crippen LogP contribution >= 0.6 is 11.3 Å². The SMILES string of the molecule is CC[C@H](C(N)=O)N1CCN(Cc2csc(-c3ccccc3)n2)CC1. The van der Waals surface area contributed by atoms with Crippen LogP contribution in [0.2, 0.25) is 0 Å². The van der Waals surface area contributed by atoms with E-state index in [-0.39, 0.29) is 11.9 Å². The summed E-state index contributed by atoms with van der Waals surface area (Å²) in [6.07, 6.45) is 0.780. The summed E-state index contributed by atoms with van der Waals surface area (Å²) >= 11 is 1.69. The first-order chi connectivity index (χ1) is 11.7. The van der Waals surface area contributed by atoms with Crippen LogP contribution in [0.3, 0.4) is 0 Å². The van der Waals surface area contributed by atoms with Gasteiger partial charge in [-0.3, -0.25) is 14.6 Å². The topological polar surface area (TPSA) is 62.5 Å². The number of nitrogens with two attached hydrogens (primary N) is 1. The van der Waals surface area contributed by atoms with E-state index in [9.17, 15) is 4.79 Å². The molecular weight excluding hydrogens is 320 g/mol. The molecular formula is C18H24N4OS. The first-order valence-corrected chi connectivity index (χ1v) is 9.31. The number of carbonyl (C=O) groups excluding carboxylic acids is 1. The number of piperazine rings is 1. The maximum atomic E-state index is 11.5. The van der Waals surface area contributed by atoms with Crippen molar-refractivity contribution >= 4 is 17.2 Å². The summed E-state index contributed by atoms with van der Waals surface area (Å²) in [6.45, 7) is 6.55. The second-order valence-electron chi connectivity index (χ2n) is 6.15. The average Bonchev–Trinajstić information content (AvgIpc) is 3.06. The lowest BCUT2D eigenvalue weighted by Gasteiger charge is -2.37. The fourth-order valence-electron chi connectivity index (χ4n) is 3.19. The monoisotopic (exact) mass is 344 g/mol. The minimum Gasteiger partial charge on any atom is -0.368 e. The molecule has 0 bridgehead atoms. The third kappa shape index (κ3) is 4.01. The zero-order chi connectivity index (χ0) is 16.9. The van der Waals surface area contributed by atoms with E-state index in [0.717, 1.165) is 49.8 Å². The standard InChI is InChI=1S/C18H24N4OS/c1-2-16(17(19)23)22-10-8-21(9-11-22)12-15-13-24-18(20-15)14-6-4-3-5-7-14/h3-7,13,16H,2,8-12H2,1H3,(H2,19,23)/t16-/m1/s1. The Balaban J connectivity index is 1.55. The molecule has 3 rings (SSSR count). The lowest BCUT2D eigenvalue weighted by molar-refractivity contribution is -0.124. The highest BCUT2D eigenvalue weighted by molar-refractivity contribution is 7.13. The van der Waals surface area contributed by atoms with Gasteiger partial charge in [-0.05, 0) is 6.42 Å². The maximum Gasteiger partial charge on any atom is 0.234 e. The van der Waals surface area contributed by atoms with Gasteiger partial charge in [-0.25, -0.2) is 4.98 Å². The van der Waals surface area contributed by atoms with E-state index in [0.29, 0.717) is 0 Å². The van der Waals surface area contributed by atoms with Crippen LogP contribution in [0.5, 0.6) is 0 Å². The average molecular weight is 344 g/mol. The molecule has 1 aliphatic heterocycles. The predicted molar refractivity (Wildman–Crippen MR) is 97.7 cm³/mol. The van der Waals surface area contributed by atoms with E-state index in [2.05, 4.69) is 27.3 Å². The molecule has 0 radical (unpaired) electrons. The van der Waals surface area contributed by atoms with Crippen molar-refractivity contribution in [3.8, 4) is 10.6 Å². The Labute approximate surface area is 147 Å². The van der Waals surface area contributed by atoms with E-state index in [1.165, 1.54) is 5.56 Å². The van der Waals surface area contributed by atoms with E-state index in [1.54, 1.807) is 11.3 Å². The van der Waals surface area contributed by atoms with Crippen LogP contribution in [0.4, 0.5) is 0 Å². The van der Waals surface area contributed by atoms with Gasteiger partial charge in [-0.2, -0.15) is 0 Å². The van der Waals surface area contributed by atoms with Crippen molar-refractivity contribution in [2.45, 2.75) is 25.9 Å². The molecule has 5 nitrogen and oxygen atoms in total. The predicted octanol–water partition coefficient (Wildman–Crippen LogP) is 2.19. The molecule has 1 aliphatic rings. The van der Waals surface area contributed by atoms with Crippen LogP contribution in [0.1, 0.15) is 19.0 Å². The largest absolute Gasteiger partial charge is 0.368 e. The van der Waals surface area contributed by atoms with Crippen LogP contribution in [0.15, 0.2) is 35.7 Å². The summed E-state index contributed by atoms with van der Waals surface area (Å²) in [5.74, 6) is -0.210. The molecule has 128 valence electrons. The van der Waals surface area contributed by atoms with Crippen LogP contribution < -0.4 is 5.73 Å². The number of amides is 1. The summed E-state index contributed by atoms with van der Waals surface area (Å²) in [5.41, 5.74) is 7.78. The van der Waals surface area contributed by atoms with Gasteiger partial charge in [0.05, 0.1) is 11.7 Å². The minimum absolute atomic E-state index is 0.129. The molecule has 0 saturated carbocycles. The Bertz CT molecular complexity index is 665. The molecule has 1 fully saturated rings. The molecule has 1 saturated heterocycles. The lowest BCUT2D eigenvalue weighted by Crippen LogP contribution is -2.53. The smallest absolute Gasteiger partial charge is 0.234 e. The fourth-order valence-corrected chi connectivity index (χ4v) is 4.01. The molecule has 2 N–H and O–H groups in total. The first kappa shape index (κ1) is 17.1. The number of hydrogen-bond donors (Lipinski definition) is 1. The van der Waals surface area contributed by atoms with Gasteiger partial charge in [0.1, 0.15) is 5.01 Å². The number of thiazole rings is 1. The zero-order valence-electron chi connectivity index (χ0n) is 14.0. The van der Waals surface area contributed by atoms with Crippen molar-refractivity contribution in [1.29, 1.82) is 0 Å². The summed E-state index contributed by atoms with van der Waals surface area (Å²) in [7, 11) is 0. The Morgan fingerprint density at radius 3 is 2.58 bits per heavy atom. The van der Waals surface area contributed by atoms with Gasteiger partial charge in [0.2, 0.25) is 5.91 Å². The number of primary amides is 1. The molecule has 24 heavy (non-hydrogen) atoms. The third-order valence-electron chi connectivity index (χ3n) is 4.52. The van der Waals surface area contributed by atoms with Crippen molar-refractivity contribution in [2.75, 3.05) is 26.2 Å². The highest BCUT2D eigenvalue weighted by Crippen LogP contribution is 2.24. The van der Waals surface area contributed by atoms with Crippen molar-refractivity contribution in [3.63, 3.8) is 0 Å². The second kappa shape index (κ2) is 7.88. The van der Waals surface area contributed by atoms with E-state index in [1.807, 2.05) is 25.1 Å². The van der Waals surface area contributed by atoms with Crippen LogP contribution in [0, 0.1) is 0 Å². The van der Waals surface area contributed by atoms with Gasteiger partial charge >= 0.3 is 0 Å². The molecule has 2 heterocycles. The van der Waals surface area contributed by atoms with Crippen molar-refractivity contribution in [1.82, 2.24) is 14.8 Å². The van der Waals surface area contributed by atoms with Gasteiger partial charge < -0.3 is 5.73 Å². The number of rotatable bonds is 6. The van der Waals surface area contributed by atoms with E-state index in [4.69, 9.17) is 10.7 Å². The molecule has 1 atom stereocenters. The van der Waals surface area contributed by atoms with Gasteiger partial charge in [0.15, 0.2) is 0 Å². The number of benzene rings is 1. The highest BCUT2D eigenvalue weighted by atomic mass is 32.1. The quantitative estimate of drug-likeness (QED) is 0.872. The van der Waals surface area contributed by atoms with E-state index < -0.39 is 0 Å². The second-order valence-corrected chi connectivity index (χ2v) is 7.01. The van der Waals surface area contributed by atoms with E-state index >= 15 is 0 Å². The van der Waals surface area contributed by atoms with Crippen molar-refractivity contribution in [3.05, 3.63) is 41.4 Å². The van der Waals surface area contributed by atoms with Crippen LogP contribution in [-0.2, 0) is 11.3 Å². The maximum absolute atomic E-state index is 11.5. The molecule has 2 aromatic rings. The summed E-state index contributed by atoms with van der Waals surface area (Å²) in [4.78, 5) is 20.9. The summed E-state index contributed by atoms with van der Waals surface area (Å²) < 4.78 is 0. The fraction of sp³-hybridized carbons (Fsp3) is 0.444. The number of nitrogens with zero attached hydrogens (tertiary/aromatic N) is 3. The van der Waals surface area contributed by atoms with Crippen molar-refractivity contribution < 1.29 is 4.79 Å². The number of carbonyl (C=O) groups is 1. The van der Waals surface area contributed by atoms with Gasteiger partial charge in [0.25, 0.3) is 0 Å². The number of aromatic nitrogens is 1. The summed E-state index contributed by atoms with van der Waals surface area (Å²) in [6, 6.07) is 10.2. The molecule has 1 aromatic heterocycles. The van der Waals surface area contributed by atoms with Gasteiger partial charge in [-0.1, -0.05) is 37.3 Å². The molecule has 6 heteroatoms. The van der Waals surface area contributed by atoms with Gasteiger partial charge in [0, 0.05) is 43.7 Å². The Morgan fingerprint density at radius 2 is 1.96 bits per heavy atom. The Morgan fingerprint density at radius 1 is 1.25 bits per heavy atom. The molecule has 1 aromatic carbocycles. The first-order valence-electron chi connectivity index (χ1n) is 8.43. The number of hydrogen-bond acceptors (Lipinski definition) is 5. The molecule has 1 amide bonds. The Hall–Kier alpha value is -1.76.